The van der Waals surface area contributed by atoms with Crippen LogP contribution in [0.15, 0.2) is 36.5 Å². The third-order valence-electron chi connectivity index (χ3n) is 5.79. The van der Waals surface area contributed by atoms with Crippen molar-refractivity contribution < 1.29 is 14.4 Å². The predicted molar refractivity (Wildman–Crippen MR) is 108 cm³/mol. The molecule has 2 aliphatic rings. The fourth-order valence-electron chi connectivity index (χ4n) is 4.08. The Morgan fingerprint density at radius 1 is 0.862 bits per heavy atom. The maximum Gasteiger partial charge on any atom is 0.257 e. The lowest BCUT2D eigenvalue weighted by molar-refractivity contribution is -0.132. The fraction of sp³-hybridized carbons (Fsp3) is 0.455. The monoisotopic (exact) mass is 394 g/mol. The number of piperazine rings is 1. The zero-order valence-corrected chi connectivity index (χ0v) is 16.5. The molecule has 152 valence electrons. The van der Waals surface area contributed by atoms with Gasteiger partial charge in [0.15, 0.2) is 5.78 Å². The Labute approximate surface area is 170 Å². The molecule has 0 aliphatic carbocycles. The molecule has 7 nitrogen and oxygen atoms in total. The van der Waals surface area contributed by atoms with E-state index in [9.17, 15) is 14.4 Å². The summed E-state index contributed by atoms with van der Waals surface area (Å²) in [6, 6.07) is 9.05. The van der Waals surface area contributed by atoms with Crippen LogP contribution in [0, 0.1) is 0 Å². The van der Waals surface area contributed by atoms with E-state index in [0.29, 0.717) is 37.3 Å². The van der Waals surface area contributed by atoms with Crippen LogP contribution < -0.4 is 0 Å². The Kier molecular flexibility index (Phi) is 5.74. The lowest BCUT2D eigenvalue weighted by Crippen LogP contribution is -2.50. The van der Waals surface area contributed by atoms with Gasteiger partial charge < -0.3 is 9.80 Å². The number of benzene rings is 1. The molecule has 4 rings (SSSR count). The standard InChI is InChI=1S/C22H26N4O3/c27-20(17-6-2-1-3-7-17)9-10-21(28)24-12-14-25(15-13-24)22(29)18-16-23-26-11-5-4-8-19(18)26/h1-3,6-7,16H,4-5,8-15H2. The quantitative estimate of drug-likeness (QED) is 0.729. The average molecular weight is 394 g/mol. The van der Waals surface area contributed by atoms with E-state index in [-0.39, 0.29) is 30.4 Å². The Balaban J connectivity index is 1.28. The van der Waals surface area contributed by atoms with E-state index in [4.69, 9.17) is 0 Å². The Bertz CT molecular complexity index is 898. The van der Waals surface area contributed by atoms with Crippen molar-refractivity contribution >= 4 is 17.6 Å². The molecule has 29 heavy (non-hydrogen) atoms. The van der Waals surface area contributed by atoms with Gasteiger partial charge in [-0.25, -0.2) is 0 Å². The summed E-state index contributed by atoms with van der Waals surface area (Å²) in [5, 5.41) is 4.35. The highest BCUT2D eigenvalue weighted by atomic mass is 16.2. The second kappa shape index (κ2) is 8.59. The SMILES string of the molecule is O=C(CCC(=O)N1CCN(C(=O)c2cnn3c2CCCC3)CC1)c1ccccc1. The molecule has 2 aromatic rings. The molecule has 7 heteroatoms. The minimum Gasteiger partial charge on any atom is -0.339 e. The first-order valence-corrected chi connectivity index (χ1v) is 10.3. The van der Waals surface area contributed by atoms with E-state index < -0.39 is 0 Å². The van der Waals surface area contributed by atoms with Gasteiger partial charge in [0.25, 0.3) is 5.91 Å². The third kappa shape index (κ3) is 4.23. The van der Waals surface area contributed by atoms with Crippen molar-refractivity contribution in [1.82, 2.24) is 19.6 Å². The van der Waals surface area contributed by atoms with E-state index in [1.54, 1.807) is 23.2 Å². The van der Waals surface area contributed by atoms with Crippen LogP contribution >= 0.6 is 0 Å². The summed E-state index contributed by atoms with van der Waals surface area (Å²) in [6.45, 7) is 2.93. The lowest BCUT2D eigenvalue weighted by Gasteiger charge is -2.35. The molecule has 1 aromatic heterocycles. The van der Waals surface area contributed by atoms with Gasteiger partial charge in [-0.05, 0) is 19.3 Å². The fourth-order valence-corrected chi connectivity index (χ4v) is 4.08. The number of amides is 2. The smallest absolute Gasteiger partial charge is 0.257 e. The van der Waals surface area contributed by atoms with E-state index in [1.807, 2.05) is 27.8 Å². The van der Waals surface area contributed by atoms with Crippen molar-refractivity contribution in [2.45, 2.75) is 38.6 Å². The second-order valence-corrected chi connectivity index (χ2v) is 7.65. The topological polar surface area (TPSA) is 75.5 Å². The van der Waals surface area contributed by atoms with Crippen molar-refractivity contribution in [2.24, 2.45) is 0 Å². The number of nitrogens with zero attached hydrogens (tertiary/aromatic N) is 4. The van der Waals surface area contributed by atoms with E-state index in [0.717, 1.165) is 31.5 Å². The number of Topliss-reactive ketones (excluding diaryl/α,β-unsaturated/α-hetero) is 1. The number of aromatic nitrogens is 2. The molecule has 2 amide bonds. The highest BCUT2D eigenvalue weighted by Gasteiger charge is 2.28. The number of carbonyl (C=O) groups is 3. The molecule has 0 unspecified atom stereocenters. The molecule has 0 spiro atoms. The molecule has 3 heterocycles. The molecular weight excluding hydrogens is 368 g/mol. The largest absolute Gasteiger partial charge is 0.339 e. The summed E-state index contributed by atoms with van der Waals surface area (Å²) in [4.78, 5) is 41.2. The van der Waals surface area contributed by atoms with Crippen LogP contribution in [0.1, 0.15) is 52.1 Å². The van der Waals surface area contributed by atoms with Crippen molar-refractivity contribution in [3.63, 3.8) is 0 Å². The van der Waals surface area contributed by atoms with Gasteiger partial charge in [-0.15, -0.1) is 0 Å². The van der Waals surface area contributed by atoms with Crippen LogP contribution in [0.4, 0.5) is 0 Å². The van der Waals surface area contributed by atoms with E-state index in [1.165, 1.54) is 0 Å². The van der Waals surface area contributed by atoms with Gasteiger partial charge in [-0.3, -0.25) is 19.1 Å². The first kappa shape index (κ1) is 19.4. The number of fused-ring (bicyclic) bond motifs is 1. The Hall–Kier alpha value is -2.96. The number of hydrogen-bond donors (Lipinski definition) is 0. The van der Waals surface area contributed by atoms with Crippen molar-refractivity contribution in [2.75, 3.05) is 26.2 Å². The molecule has 2 aliphatic heterocycles. The third-order valence-corrected chi connectivity index (χ3v) is 5.79. The Morgan fingerprint density at radius 2 is 1.59 bits per heavy atom. The number of ketones is 1. The molecule has 0 N–H and O–H groups in total. The first-order chi connectivity index (χ1) is 14.1. The molecule has 1 fully saturated rings. The van der Waals surface area contributed by atoms with Crippen LogP contribution in [0.25, 0.3) is 0 Å². The van der Waals surface area contributed by atoms with Gasteiger partial charge in [0, 0.05) is 51.1 Å². The van der Waals surface area contributed by atoms with Gasteiger partial charge in [0.2, 0.25) is 5.91 Å². The molecule has 0 atom stereocenters. The van der Waals surface area contributed by atoms with Gasteiger partial charge in [0.05, 0.1) is 17.5 Å². The maximum absolute atomic E-state index is 12.9. The zero-order valence-electron chi connectivity index (χ0n) is 16.5. The minimum absolute atomic E-state index is 0.0134. The molecule has 1 saturated heterocycles. The van der Waals surface area contributed by atoms with Crippen LogP contribution in [-0.4, -0.2) is 63.4 Å². The van der Waals surface area contributed by atoms with Crippen molar-refractivity contribution in [3.8, 4) is 0 Å². The molecule has 0 saturated carbocycles. The average Bonchev–Trinajstić information content (AvgIpc) is 3.21. The minimum atomic E-state index is -0.0238. The van der Waals surface area contributed by atoms with Crippen LogP contribution in [0.2, 0.25) is 0 Å². The van der Waals surface area contributed by atoms with Crippen molar-refractivity contribution in [1.29, 1.82) is 0 Å². The van der Waals surface area contributed by atoms with Crippen LogP contribution in [0.3, 0.4) is 0 Å². The van der Waals surface area contributed by atoms with Crippen LogP contribution in [-0.2, 0) is 17.8 Å². The van der Waals surface area contributed by atoms with E-state index in [2.05, 4.69) is 5.10 Å². The number of carbonyl (C=O) groups excluding carboxylic acids is 3. The number of aryl methyl sites for hydroxylation is 1. The molecule has 0 radical (unpaired) electrons. The van der Waals surface area contributed by atoms with Gasteiger partial charge >= 0.3 is 0 Å². The molecule has 0 bridgehead atoms. The maximum atomic E-state index is 12.9. The Morgan fingerprint density at radius 3 is 2.34 bits per heavy atom. The van der Waals surface area contributed by atoms with Gasteiger partial charge in [-0.2, -0.15) is 5.10 Å². The van der Waals surface area contributed by atoms with Gasteiger partial charge in [0.1, 0.15) is 0 Å². The molecule has 1 aromatic carbocycles. The molecular formula is C22H26N4O3. The first-order valence-electron chi connectivity index (χ1n) is 10.3. The number of rotatable bonds is 5. The van der Waals surface area contributed by atoms with Crippen LogP contribution in [0.5, 0.6) is 0 Å². The summed E-state index contributed by atoms with van der Waals surface area (Å²) in [6.07, 6.45) is 5.21. The zero-order chi connectivity index (χ0) is 20.2. The summed E-state index contributed by atoms with van der Waals surface area (Å²) in [5.41, 5.74) is 2.39. The summed E-state index contributed by atoms with van der Waals surface area (Å²) in [5.74, 6) is -0.0254. The van der Waals surface area contributed by atoms with Crippen molar-refractivity contribution in [3.05, 3.63) is 53.3 Å². The lowest BCUT2D eigenvalue weighted by atomic mass is 10.1. The summed E-state index contributed by atoms with van der Waals surface area (Å²) < 4.78 is 1.94. The predicted octanol–water partition coefficient (Wildman–Crippen LogP) is 2.17. The highest BCUT2D eigenvalue weighted by Crippen LogP contribution is 2.20. The van der Waals surface area contributed by atoms with Gasteiger partial charge in [-0.1, -0.05) is 30.3 Å². The normalized spacial score (nSPS) is 16.4. The number of hydrogen-bond acceptors (Lipinski definition) is 4. The second-order valence-electron chi connectivity index (χ2n) is 7.65. The highest BCUT2D eigenvalue weighted by molar-refractivity contribution is 5.98. The van der Waals surface area contributed by atoms with E-state index >= 15 is 0 Å². The summed E-state index contributed by atoms with van der Waals surface area (Å²) >= 11 is 0. The summed E-state index contributed by atoms with van der Waals surface area (Å²) in [7, 11) is 0.